The predicted molar refractivity (Wildman–Crippen MR) is 97.4 cm³/mol. The summed E-state index contributed by atoms with van der Waals surface area (Å²) in [5.74, 6) is -1.02. The molecule has 2 N–H and O–H groups in total. The molecule has 0 spiro atoms. The number of aromatic amines is 1. The predicted octanol–water partition coefficient (Wildman–Crippen LogP) is 2.11. The van der Waals surface area contributed by atoms with Gasteiger partial charge in [-0.2, -0.15) is 5.10 Å². The summed E-state index contributed by atoms with van der Waals surface area (Å²) >= 11 is 6.12. The lowest BCUT2D eigenvalue weighted by Gasteiger charge is -2.14. The molecule has 0 amide bonds. The average molecular weight is 363 g/mol. The minimum atomic E-state index is -1.02. The minimum absolute atomic E-state index is 0.228. The Kier molecular flexibility index (Phi) is 4.78. The maximum atomic E-state index is 13.0. The molecule has 132 valence electrons. The quantitative estimate of drug-likeness (QED) is 0.700. The fraction of sp³-hybridized carbons (Fsp3) is 0.353. The number of carbonyl (C=O) groups is 1. The van der Waals surface area contributed by atoms with Crippen molar-refractivity contribution in [2.24, 2.45) is 0 Å². The molecule has 7 nitrogen and oxygen atoms in total. The van der Waals surface area contributed by atoms with Crippen LogP contribution >= 0.6 is 11.6 Å². The summed E-state index contributed by atoms with van der Waals surface area (Å²) in [5, 5.41) is 17.6. The summed E-state index contributed by atoms with van der Waals surface area (Å²) in [6, 6.07) is 5.30. The van der Waals surface area contributed by atoms with E-state index in [9.17, 15) is 9.59 Å². The maximum Gasteiger partial charge on any atom is 0.309 e. The summed E-state index contributed by atoms with van der Waals surface area (Å²) in [5.41, 5.74) is 1.29. The van der Waals surface area contributed by atoms with Crippen LogP contribution in [0.1, 0.15) is 12.1 Å². The Morgan fingerprint density at radius 2 is 2.16 bits per heavy atom. The van der Waals surface area contributed by atoms with Crippen LogP contribution in [-0.4, -0.2) is 51.4 Å². The molecule has 2 aromatic heterocycles. The molecule has 0 radical (unpaired) electrons. The molecule has 8 heteroatoms. The van der Waals surface area contributed by atoms with E-state index in [1.54, 1.807) is 22.8 Å². The van der Waals surface area contributed by atoms with E-state index in [1.165, 1.54) is 0 Å². The van der Waals surface area contributed by atoms with Crippen molar-refractivity contribution in [1.82, 2.24) is 19.7 Å². The third-order valence-corrected chi connectivity index (χ3v) is 4.35. The van der Waals surface area contributed by atoms with Crippen molar-refractivity contribution in [2.45, 2.75) is 19.4 Å². The van der Waals surface area contributed by atoms with E-state index in [-0.39, 0.29) is 12.0 Å². The van der Waals surface area contributed by atoms with E-state index in [1.807, 2.05) is 14.1 Å². The molecule has 0 saturated heterocycles. The number of nitrogens with one attached hydrogen (secondary N) is 1. The normalized spacial score (nSPS) is 11.7. The van der Waals surface area contributed by atoms with Gasteiger partial charge in [0.2, 0.25) is 0 Å². The van der Waals surface area contributed by atoms with Crippen LogP contribution in [0.5, 0.6) is 0 Å². The number of fused-ring (bicyclic) bond motifs is 3. The lowest BCUT2D eigenvalue weighted by Crippen LogP contribution is -2.24. The van der Waals surface area contributed by atoms with Crippen LogP contribution in [0.4, 0.5) is 0 Å². The Morgan fingerprint density at radius 1 is 1.40 bits per heavy atom. The number of carboxylic acid groups (broad SMARTS) is 1. The van der Waals surface area contributed by atoms with Gasteiger partial charge in [-0.1, -0.05) is 11.6 Å². The Labute approximate surface area is 148 Å². The van der Waals surface area contributed by atoms with E-state index < -0.39 is 5.97 Å². The second-order valence-electron chi connectivity index (χ2n) is 6.27. The van der Waals surface area contributed by atoms with Crippen molar-refractivity contribution in [2.75, 3.05) is 20.6 Å². The molecule has 0 bridgehead atoms. The highest BCUT2D eigenvalue weighted by atomic mass is 35.5. The monoisotopic (exact) mass is 362 g/mol. The number of benzene rings is 1. The Hall–Kier alpha value is -2.38. The van der Waals surface area contributed by atoms with E-state index in [0.717, 1.165) is 23.9 Å². The molecule has 3 rings (SSSR count). The van der Waals surface area contributed by atoms with Gasteiger partial charge in [-0.15, -0.1) is 0 Å². The number of hydrogen-bond donors (Lipinski definition) is 2. The fourth-order valence-corrected chi connectivity index (χ4v) is 3.20. The van der Waals surface area contributed by atoms with E-state index >= 15 is 0 Å². The van der Waals surface area contributed by atoms with Crippen LogP contribution in [0.3, 0.4) is 0 Å². The van der Waals surface area contributed by atoms with Crippen LogP contribution < -0.4 is 5.56 Å². The van der Waals surface area contributed by atoms with Gasteiger partial charge < -0.3 is 14.6 Å². The SMILES string of the molecule is CN(C)CCCn1c(=O)c2c(CC(=O)O)[nH]nc2c2cc(Cl)ccc21. The zero-order valence-corrected chi connectivity index (χ0v) is 14.8. The zero-order chi connectivity index (χ0) is 18.1. The molecular formula is C17H19ClN4O3. The number of halogens is 1. The summed E-state index contributed by atoms with van der Waals surface area (Å²) in [4.78, 5) is 26.2. The Bertz CT molecular complexity index is 1010. The second-order valence-corrected chi connectivity index (χ2v) is 6.71. The molecular weight excluding hydrogens is 344 g/mol. The standard InChI is InChI=1S/C17H19ClN4O3/c1-21(2)6-3-7-22-13-5-4-10(18)8-11(13)16-15(17(22)25)12(19-20-16)9-14(23)24/h4-5,8H,3,6-7,9H2,1-2H3,(H,19,20)(H,23,24). The number of rotatable bonds is 6. The summed E-state index contributed by atoms with van der Waals surface area (Å²) in [7, 11) is 3.95. The number of aromatic nitrogens is 3. The number of carboxylic acids is 1. The first-order valence-electron chi connectivity index (χ1n) is 7.94. The highest BCUT2D eigenvalue weighted by Gasteiger charge is 2.18. The van der Waals surface area contributed by atoms with E-state index in [4.69, 9.17) is 16.7 Å². The van der Waals surface area contributed by atoms with Gasteiger partial charge in [0.1, 0.15) is 5.52 Å². The lowest BCUT2D eigenvalue weighted by molar-refractivity contribution is -0.136. The molecule has 25 heavy (non-hydrogen) atoms. The van der Waals surface area contributed by atoms with Crippen LogP contribution in [0.2, 0.25) is 5.02 Å². The first-order chi connectivity index (χ1) is 11.9. The Morgan fingerprint density at radius 3 is 2.84 bits per heavy atom. The second kappa shape index (κ2) is 6.85. The smallest absolute Gasteiger partial charge is 0.309 e. The van der Waals surface area contributed by atoms with Gasteiger partial charge in [-0.3, -0.25) is 14.7 Å². The molecule has 0 saturated carbocycles. The van der Waals surface area contributed by atoms with Crippen LogP contribution in [-0.2, 0) is 17.8 Å². The largest absolute Gasteiger partial charge is 0.481 e. The summed E-state index contributed by atoms with van der Waals surface area (Å²) < 4.78 is 1.68. The van der Waals surface area contributed by atoms with Crippen molar-refractivity contribution in [3.05, 3.63) is 39.3 Å². The number of aryl methyl sites for hydroxylation is 1. The summed E-state index contributed by atoms with van der Waals surface area (Å²) in [6.45, 7) is 1.37. The topological polar surface area (TPSA) is 91.2 Å². The van der Waals surface area contributed by atoms with E-state index in [2.05, 4.69) is 15.1 Å². The molecule has 0 aliphatic heterocycles. The molecule has 0 aliphatic carbocycles. The van der Waals surface area contributed by atoms with Gasteiger partial charge in [0.05, 0.1) is 23.0 Å². The third kappa shape index (κ3) is 3.38. The van der Waals surface area contributed by atoms with Gasteiger partial charge in [0.25, 0.3) is 5.56 Å². The lowest BCUT2D eigenvalue weighted by atomic mass is 10.1. The van der Waals surface area contributed by atoms with Crippen molar-refractivity contribution in [3.8, 4) is 0 Å². The fourth-order valence-electron chi connectivity index (χ4n) is 3.03. The average Bonchev–Trinajstić information content (AvgIpc) is 2.94. The van der Waals surface area contributed by atoms with Crippen LogP contribution in [0, 0.1) is 0 Å². The highest BCUT2D eigenvalue weighted by molar-refractivity contribution is 6.31. The zero-order valence-electron chi connectivity index (χ0n) is 14.0. The number of nitrogens with zero attached hydrogens (tertiary/aromatic N) is 3. The maximum absolute atomic E-state index is 13.0. The van der Waals surface area contributed by atoms with E-state index in [0.29, 0.717) is 28.2 Å². The minimum Gasteiger partial charge on any atom is -0.481 e. The number of pyridine rings is 1. The molecule has 0 aliphatic rings. The summed E-state index contributed by atoms with van der Waals surface area (Å²) in [6.07, 6.45) is 0.512. The van der Waals surface area contributed by atoms with Crippen molar-refractivity contribution in [1.29, 1.82) is 0 Å². The third-order valence-electron chi connectivity index (χ3n) is 4.12. The number of hydrogen-bond acceptors (Lipinski definition) is 4. The first-order valence-corrected chi connectivity index (χ1v) is 8.32. The molecule has 0 atom stereocenters. The van der Waals surface area contributed by atoms with Gasteiger partial charge >= 0.3 is 5.97 Å². The van der Waals surface area contributed by atoms with Crippen LogP contribution in [0.25, 0.3) is 21.8 Å². The molecule has 2 heterocycles. The van der Waals surface area contributed by atoms with Crippen molar-refractivity contribution < 1.29 is 9.90 Å². The van der Waals surface area contributed by atoms with Gasteiger partial charge in [-0.25, -0.2) is 0 Å². The Balaban J connectivity index is 2.25. The molecule has 1 aromatic carbocycles. The van der Waals surface area contributed by atoms with Crippen molar-refractivity contribution in [3.63, 3.8) is 0 Å². The number of aliphatic carboxylic acids is 1. The van der Waals surface area contributed by atoms with Crippen LogP contribution in [0.15, 0.2) is 23.0 Å². The molecule has 3 aromatic rings. The molecule has 0 fully saturated rings. The number of H-pyrrole nitrogens is 1. The molecule has 0 unspecified atom stereocenters. The van der Waals surface area contributed by atoms with Gasteiger partial charge in [0.15, 0.2) is 0 Å². The first kappa shape index (κ1) is 17.4. The van der Waals surface area contributed by atoms with Crippen molar-refractivity contribution >= 4 is 39.4 Å². The highest BCUT2D eigenvalue weighted by Crippen LogP contribution is 2.26. The van der Waals surface area contributed by atoms with Gasteiger partial charge in [-0.05, 0) is 45.3 Å². The van der Waals surface area contributed by atoms with Gasteiger partial charge in [0, 0.05) is 17.0 Å².